The molecule has 0 radical (unpaired) electrons. The highest BCUT2D eigenvalue weighted by atomic mass is 14.1. The maximum atomic E-state index is 2.28. The van der Waals surface area contributed by atoms with Crippen LogP contribution in [0, 0.1) is 23.2 Å². The predicted molar refractivity (Wildman–Crippen MR) is 89.2 cm³/mol. The van der Waals surface area contributed by atoms with Gasteiger partial charge in [0.2, 0.25) is 0 Å². The fraction of sp³-hybridized carbons (Fsp3) is 1.00. The lowest BCUT2D eigenvalue weighted by Crippen LogP contribution is -2.00. The zero-order chi connectivity index (χ0) is 15.4. The molecule has 18 heavy (non-hydrogen) atoms. The normalized spacial score (nSPS) is 11.0. The maximum absolute atomic E-state index is 2.28. The zero-order valence-electron chi connectivity index (χ0n) is 15.4. The molecule has 0 aromatic rings. The molecule has 0 N–H and O–H groups in total. The van der Waals surface area contributed by atoms with Crippen LogP contribution in [-0.4, -0.2) is 0 Å². The summed E-state index contributed by atoms with van der Waals surface area (Å²) in [6, 6.07) is 0. The van der Waals surface area contributed by atoms with Crippen molar-refractivity contribution in [3.63, 3.8) is 0 Å². The summed E-state index contributed by atoms with van der Waals surface area (Å²) >= 11 is 0. The SMILES string of the molecule is CC(C)C(C)C.CCC(C)(C)C.CCC(C)CC. The first kappa shape index (κ1) is 23.1. The Balaban J connectivity index is -0.000000187. The minimum Gasteiger partial charge on any atom is -0.0651 e. The molecule has 0 saturated heterocycles. The molecule has 0 aromatic carbocycles. The fourth-order valence-corrected chi connectivity index (χ4v) is 0.289. The van der Waals surface area contributed by atoms with E-state index in [1.54, 1.807) is 0 Å². The highest BCUT2D eigenvalue weighted by molar-refractivity contribution is 4.55. The molecule has 114 valence electrons. The van der Waals surface area contributed by atoms with Gasteiger partial charge in [-0.05, 0) is 23.2 Å². The van der Waals surface area contributed by atoms with Crippen LogP contribution in [0.3, 0.4) is 0 Å². The number of hydrogen-bond acceptors (Lipinski definition) is 0. The summed E-state index contributed by atoms with van der Waals surface area (Å²) in [7, 11) is 0. The average molecular weight is 259 g/mol. The van der Waals surface area contributed by atoms with Crippen LogP contribution >= 0.6 is 0 Å². The molecule has 0 aliphatic rings. The zero-order valence-corrected chi connectivity index (χ0v) is 15.4. The van der Waals surface area contributed by atoms with Gasteiger partial charge in [0, 0.05) is 0 Å². The van der Waals surface area contributed by atoms with E-state index in [-0.39, 0.29) is 0 Å². The van der Waals surface area contributed by atoms with E-state index in [9.17, 15) is 0 Å². The van der Waals surface area contributed by atoms with Gasteiger partial charge in [-0.25, -0.2) is 0 Å². The van der Waals surface area contributed by atoms with E-state index in [4.69, 9.17) is 0 Å². The predicted octanol–water partition coefficient (Wildman–Crippen LogP) is 7.18. The van der Waals surface area contributed by atoms with E-state index < -0.39 is 0 Å². The van der Waals surface area contributed by atoms with Crippen LogP contribution in [0.5, 0.6) is 0 Å². The third-order valence-corrected chi connectivity index (χ3v) is 3.79. The lowest BCUT2D eigenvalue weighted by molar-refractivity contribution is 0.398. The molecule has 0 bridgehead atoms. The van der Waals surface area contributed by atoms with E-state index in [1.165, 1.54) is 19.3 Å². The molecule has 0 heterocycles. The summed E-state index contributed by atoms with van der Waals surface area (Å²) in [5.74, 6) is 2.64. The summed E-state index contributed by atoms with van der Waals surface area (Å²) < 4.78 is 0. The molecule has 0 spiro atoms. The van der Waals surface area contributed by atoms with Crippen molar-refractivity contribution in [1.29, 1.82) is 0 Å². The molecule has 0 rings (SSSR count). The van der Waals surface area contributed by atoms with Gasteiger partial charge in [-0.3, -0.25) is 0 Å². The van der Waals surface area contributed by atoms with Crippen LogP contribution in [0.25, 0.3) is 0 Å². The van der Waals surface area contributed by atoms with E-state index in [1.807, 2.05) is 0 Å². The van der Waals surface area contributed by atoms with Crippen molar-refractivity contribution in [1.82, 2.24) is 0 Å². The average Bonchev–Trinajstić information content (AvgIpc) is 2.28. The molecule has 0 fully saturated rings. The van der Waals surface area contributed by atoms with Crippen molar-refractivity contribution in [2.75, 3.05) is 0 Å². The Morgan fingerprint density at radius 3 is 0.889 bits per heavy atom. The second-order valence-electron chi connectivity index (χ2n) is 7.32. The molecule has 0 amide bonds. The smallest absolute Gasteiger partial charge is 0.0385 e. The van der Waals surface area contributed by atoms with Crippen molar-refractivity contribution >= 4 is 0 Å². The van der Waals surface area contributed by atoms with Crippen LogP contribution in [-0.2, 0) is 0 Å². The second kappa shape index (κ2) is 13.4. The Kier molecular flexibility index (Phi) is 17.3. The Bertz CT molecular complexity index is 127. The number of hydrogen-bond donors (Lipinski definition) is 0. The topological polar surface area (TPSA) is 0 Å². The first-order valence-electron chi connectivity index (χ1n) is 8.01. The van der Waals surface area contributed by atoms with Gasteiger partial charge in [-0.2, -0.15) is 0 Å². The van der Waals surface area contributed by atoms with Crippen LogP contribution in [0.4, 0.5) is 0 Å². The summed E-state index contributed by atoms with van der Waals surface area (Å²) in [5.41, 5.74) is 0.542. The minimum absolute atomic E-state index is 0.542. The van der Waals surface area contributed by atoms with Crippen LogP contribution in [0.15, 0.2) is 0 Å². The summed E-state index contributed by atoms with van der Waals surface area (Å²) in [6.07, 6.45) is 3.93. The molecular formula is C18H42. The van der Waals surface area contributed by atoms with Crippen molar-refractivity contribution in [3.8, 4) is 0 Å². The largest absolute Gasteiger partial charge is 0.0651 e. The van der Waals surface area contributed by atoms with Gasteiger partial charge in [0.15, 0.2) is 0 Å². The van der Waals surface area contributed by atoms with Gasteiger partial charge < -0.3 is 0 Å². The van der Waals surface area contributed by atoms with Gasteiger partial charge in [0.05, 0.1) is 0 Å². The lowest BCUT2D eigenvalue weighted by Gasteiger charge is -2.12. The highest BCUT2D eigenvalue weighted by Crippen LogP contribution is 2.16. The van der Waals surface area contributed by atoms with Gasteiger partial charge in [0.25, 0.3) is 0 Å². The third kappa shape index (κ3) is 29.8. The summed E-state index contributed by atoms with van der Waals surface area (Å²) in [4.78, 5) is 0. The van der Waals surface area contributed by atoms with Crippen molar-refractivity contribution in [3.05, 3.63) is 0 Å². The van der Waals surface area contributed by atoms with Gasteiger partial charge in [-0.1, -0.05) is 95.4 Å². The van der Waals surface area contributed by atoms with E-state index in [2.05, 4.69) is 76.2 Å². The van der Waals surface area contributed by atoms with E-state index in [0.717, 1.165) is 17.8 Å². The molecule has 0 unspecified atom stereocenters. The Hall–Kier alpha value is 0. The molecule has 0 atom stereocenters. The Morgan fingerprint density at radius 1 is 0.667 bits per heavy atom. The first-order valence-corrected chi connectivity index (χ1v) is 8.01. The molecule has 0 aliphatic heterocycles. The van der Waals surface area contributed by atoms with Crippen molar-refractivity contribution in [2.45, 2.75) is 95.4 Å². The second-order valence-corrected chi connectivity index (χ2v) is 7.32. The van der Waals surface area contributed by atoms with Crippen LogP contribution in [0.2, 0.25) is 0 Å². The molecule has 0 aliphatic carbocycles. The summed E-state index contributed by atoms with van der Waals surface area (Å²) in [6.45, 7) is 24.6. The molecule has 0 aromatic heterocycles. The van der Waals surface area contributed by atoms with Crippen LogP contribution < -0.4 is 0 Å². The molecule has 0 saturated carbocycles. The Labute approximate surface area is 119 Å². The highest BCUT2D eigenvalue weighted by Gasteiger charge is 2.03. The van der Waals surface area contributed by atoms with E-state index in [0.29, 0.717) is 5.41 Å². The summed E-state index contributed by atoms with van der Waals surface area (Å²) in [5, 5.41) is 0. The monoisotopic (exact) mass is 258 g/mol. The quantitative estimate of drug-likeness (QED) is 0.503. The molecule has 0 nitrogen and oxygen atoms in total. The fourth-order valence-electron chi connectivity index (χ4n) is 0.289. The lowest BCUT2D eigenvalue weighted by atomic mass is 9.94. The third-order valence-electron chi connectivity index (χ3n) is 3.79. The van der Waals surface area contributed by atoms with Gasteiger partial charge >= 0.3 is 0 Å². The minimum atomic E-state index is 0.542. The van der Waals surface area contributed by atoms with Gasteiger partial charge in [-0.15, -0.1) is 0 Å². The first-order chi connectivity index (χ1) is 8.01. The Morgan fingerprint density at radius 2 is 0.889 bits per heavy atom. The number of rotatable bonds is 3. The molecular weight excluding hydrogens is 216 g/mol. The standard InChI is InChI=1S/3C6H14/c1-5-6(2,3)4;1-5(2)6(3)4;1-4-6(3)5-2/h5H2,1-4H3;5-6H,1-4H3;6H,4-5H2,1-3H3. The maximum Gasteiger partial charge on any atom is -0.0385 e. The van der Waals surface area contributed by atoms with Crippen molar-refractivity contribution < 1.29 is 0 Å². The van der Waals surface area contributed by atoms with E-state index >= 15 is 0 Å². The van der Waals surface area contributed by atoms with Crippen molar-refractivity contribution in [2.24, 2.45) is 23.2 Å². The molecule has 0 heteroatoms. The van der Waals surface area contributed by atoms with Crippen LogP contribution in [0.1, 0.15) is 95.4 Å². The van der Waals surface area contributed by atoms with Gasteiger partial charge in [0.1, 0.15) is 0 Å².